The van der Waals surface area contributed by atoms with Crippen molar-refractivity contribution in [2.75, 3.05) is 0 Å². The molecule has 2 heterocycles. The number of nitrogens with zero attached hydrogens (tertiary/aromatic N) is 3. The van der Waals surface area contributed by atoms with E-state index in [1.807, 2.05) is 36.6 Å². The maximum atomic E-state index is 12.2. The number of hydrogen-bond donors (Lipinski definition) is 1. The number of aryl methyl sites for hydroxylation is 1. The molecule has 0 spiro atoms. The number of aromatic amines is 1. The summed E-state index contributed by atoms with van der Waals surface area (Å²) < 4.78 is 3.27. The molecule has 0 saturated carbocycles. The molecule has 0 amide bonds. The predicted molar refractivity (Wildman–Crippen MR) is 92.0 cm³/mol. The van der Waals surface area contributed by atoms with Crippen LogP contribution in [-0.2, 0) is 12.8 Å². The van der Waals surface area contributed by atoms with Gasteiger partial charge in [0.05, 0.1) is 0 Å². The Morgan fingerprint density at radius 2 is 1.91 bits per heavy atom. The topological polar surface area (TPSA) is 72.7 Å². The second-order valence-electron chi connectivity index (χ2n) is 5.62. The number of H-pyrrole nitrogens is 1. The van der Waals surface area contributed by atoms with Gasteiger partial charge in [-0.25, -0.2) is 9.78 Å². The third-order valence-electron chi connectivity index (χ3n) is 3.65. The molecule has 23 heavy (non-hydrogen) atoms. The van der Waals surface area contributed by atoms with E-state index in [-0.39, 0.29) is 6.04 Å². The Morgan fingerprint density at radius 3 is 2.57 bits per heavy atom. The monoisotopic (exact) mass is 330 g/mol. The standard InChI is InChI=1S/C16H18N4O2S/c1-10(2)20-12-13(19(3)15(22)18-14(12)21)17-16(20)23-9-11-7-5-4-6-8-11/h4-8,10H,9H2,1-3H3,(H,18,21,22). The molecule has 0 aliphatic heterocycles. The van der Waals surface area contributed by atoms with Crippen LogP contribution < -0.4 is 11.2 Å². The lowest BCUT2D eigenvalue weighted by molar-refractivity contribution is 0.564. The molecule has 2 aromatic heterocycles. The number of rotatable bonds is 4. The first-order valence-corrected chi connectivity index (χ1v) is 8.35. The van der Waals surface area contributed by atoms with Gasteiger partial charge < -0.3 is 4.57 Å². The van der Waals surface area contributed by atoms with Crippen molar-refractivity contribution in [2.24, 2.45) is 7.05 Å². The van der Waals surface area contributed by atoms with Crippen molar-refractivity contribution in [1.82, 2.24) is 19.1 Å². The van der Waals surface area contributed by atoms with Crippen molar-refractivity contribution in [2.45, 2.75) is 30.8 Å². The number of imidazole rings is 1. The van der Waals surface area contributed by atoms with Crippen molar-refractivity contribution in [3.63, 3.8) is 0 Å². The molecule has 0 saturated heterocycles. The van der Waals surface area contributed by atoms with Crippen molar-refractivity contribution in [3.8, 4) is 0 Å². The van der Waals surface area contributed by atoms with E-state index in [0.29, 0.717) is 11.2 Å². The quantitative estimate of drug-likeness (QED) is 0.745. The van der Waals surface area contributed by atoms with Crippen LogP contribution in [0, 0.1) is 0 Å². The molecule has 1 aromatic carbocycles. The van der Waals surface area contributed by atoms with Gasteiger partial charge in [-0.1, -0.05) is 42.1 Å². The second-order valence-corrected chi connectivity index (χ2v) is 6.57. The molecular weight excluding hydrogens is 312 g/mol. The summed E-state index contributed by atoms with van der Waals surface area (Å²) in [7, 11) is 1.61. The molecule has 0 aliphatic carbocycles. The minimum Gasteiger partial charge on any atom is -0.311 e. The molecule has 0 radical (unpaired) electrons. The molecule has 1 N–H and O–H groups in total. The van der Waals surface area contributed by atoms with Gasteiger partial charge in [0.1, 0.15) is 0 Å². The summed E-state index contributed by atoms with van der Waals surface area (Å²) in [6.07, 6.45) is 0. The highest BCUT2D eigenvalue weighted by molar-refractivity contribution is 7.98. The molecule has 120 valence electrons. The largest absolute Gasteiger partial charge is 0.329 e. The van der Waals surface area contributed by atoms with Crippen LogP contribution in [-0.4, -0.2) is 19.1 Å². The highest BCUT2D eigenvalue weighted by Gasteiger charge is 2.19. The number of aromatic nitrogens is 4. The van der Waals surface area contributed by atoms with Crippen LogP contribution in [0.2, 0.25) is 0 Å². The normalized spacial score (nSPS) is 11.5. The average Bonchev–Trinajstić information content (AvgIpc) is 2.92. The minimum atomic E-state index is -0.449. The maximum absolute atomic E-state index is 12.2. The molecule has 7 heteroatoms. The first kappa shape index (κ1) is 15.6. The first-order chi connectivity index (χ1) is 11.0. The van der Waals surface area contributed by atoms with Gasteiger partial charge in [0, 0.05) is 18.8 Å². The van der Waals surface area contributed by atoms with E-state index in [2.05, 4.69) is 22.1 Å². The zero-order chi connectivity index (χ0) is 16.6. The van der Waals surface area contributed by atoms with Crippen LogP contribution in [0.3, 0.4) is 0 Å². The summed E-state index contributed by atoms with van der Waals surface area (Å²) >= 11 is 1.56. The minimum absolute atomic E-state index is 0.0666. The molecule has 0 fully saturated rings. The summed E-state index contributed by atoms with van der Waals surface area (Å²) in [4.78, 5) is 30.9. The Balaban J connectivity index is 2.11. The van der Waals surface area contributed by atoms with E-state index in [9.17, 15) is 9.59 Å². The van der Waals surface area contributed by atoms with Crippen molar-refractivity contribution >= 4 is 22.9 Å². The average molecular weight is 330 g/mol. The van der Waals surface area contributed by atoms with Crippen LogP contribution in [0.25, 0.3) is 11.2 Å². The number of hydrogen-bond acceptors (Lipinski definition) is 4. The molecule has 0 aliphatic rings. The Kier molecular flexibility index (Phi) is 4.12. The Morgan fingerprint density at radius 1 is 1.22 bits per heavy atom. The lowest BCUT2D eigenvalue weighted by Crippen LogP contribution is -2.29. The fourth-order valence-electron chi connectivity index (χ4n) is 2.48. The summed E-state index contributed by atoms with van der Waals surface area (Å²) in [5, 5.41) is 0.741. The number of thioether (sulfide) groups is 1. The number of fused-ring (bicyclic) bond motifs is 1. The van der Waals surface area contributed by atoms with Gasteiger partial charge in [0.2, 0.25) is 0 Å². The van der Waals surface area contributed by atoms with Crippen LogP contribution in [0.15, 0.2) is 45.1 Å². The van der Waals surface area contributed by atoms with Crippen LogP contribution in [0.5, 0.6) is 0 Å². The highest BCUT2D eigenvalue weighted by atomic mass is 32.2. The van der Waals surface area contributed by atoms with Crippen molar-refractivity contribution in [3.05, 3.63) is 56.7 Å². The van der Waals surface area contributed by atoms with Gasteiger partial charge in [-0.05, 0) is 19.4 Å². The summed E-state index contributed by atoms with van der Waals surface area (Å²) in [6.45, 7) is 4.00. The summed E-state index contributed by atoms with van der Waals surface area (Å²) in [5.41, 5.74) is 1.20. The van der Waals surface area contributed by atoms with Gasteiger partial charge >= 0.3 is 5.69 Å². The Labute approximate surface area is 137 Å². The van der Waals surface area contributed by atoms with Gasteiger partial charge in [-0.3, -0.25) is 14.3 Å². The van der Waals surface area contributed by atoms with E-state index >= 15 is 0 Å². The van der Waals surface area contributed by atoms with Crippen LogP contribution in [0.4, 0.5) is 0 Å². The van der Waals surface area contributed by atoms with Gasteiger partial charge in [-0.2, -0.15) is 0 Å². The Bertz CT molecular complexity index is 954. The molecule has 0 bridgehead atoms. The lowest BCUT2D eigenvalue weighted by atomic mass is 10.2. The second kappa shape index (κ2) is 6.08. The van der Waals surface area contributed by atoms with Crippen molar-refractivity contribution in [1.29, 1.82) is 0 Å². The van der Waals surface area contributed by atoms with E-state index in [4.69, 9.17) is 0 Å². The van der Waals surface area contributed by atoms with E-state index in [1.54, 1.807) is 18.8 Å². The molecule has 3 rings (SSSR count). The van der Waals surface area contributed by atoms with Crippen molar-refractivity contribution < 1.29 is 0 Å². The van der Waals surface area contributed by atoms with Crippen LogP contribution in [0.1, 0.15) is 25.5 Å². The van der Waals surface area contributed by atoms with Gasteiger partial charge in [0.15, 0.2) is 16.3 Å². The number of nitrogens with one attached hydrogen (secondary N) is 1. The number of benzene rings is 1. The smallest absolute Gasteiger partial charge is 0.311 e. The lowest BCUT2D eigenvalue weighted by Gasteiger charge is -2.11. The third-order valence-corrected chi connectivity index (χ3v) is 4.67. The summed E-state index contributed by atoms with van der Waals surface area (Å²) in [5.74, 6) is 0.753. The van der Waals surface area contributed by atoms with Gasteiger partial charge in [0.25, 0.3) is 5.56 Å². The molecule has 0 unspecified atom stereocenters. The first-order valence-electron chi connectivity index (χ1n) is 7.37. The van der Waals surface area contributed by atoms with E-state index in [1.165, 1.54) is 10.1 Å². The molecule has 0 atom stereocenters. The molecular formula is C16H18N4O2S. The third kappa shape index (κ3) is 2.84. The predicted octanol–water partition coefficient (Wildman–Crippen LogP) is 2.30. The fourth-order valence-corrected chi connectivity index (χ4v) is 3.57. The highest BCUT2D eigenvalue weighted by Crippen LogP contribution is 2.27. The van der Waals surface area contributed by atoms with E-state index in [0.717, 1.165) is 10.9 Å². The maximum Gasteiger partial charge on any atom is 0.329 e. The van der Waals surface area contributed by atoms with Crippen LogP contribution >= 0.6 is 11.8 Å². The SMILES string of the molecule is CC(C)n1c(SCc2ccccc2)nc2c1c(=O)[nH]c(=O)n2C. The zero-order valence-electron chi connectivity index (χ0n) is 13.2. The Hall–Kier alpha value is -2.28. The zero-order valence-corrected chi connectivity index (χ0v) is 14.1. The van der Waals surface area contributed by atoms with E-state index < -0.39 is 11.2 Å². The fraction of sp³-hybridized carbons (Fsp3) is 0.312. The molecule has 3 aromatic rings. The summed E-state index contributed by atoms with van der Waals surface area (Å²) in [6, 6.07) is 10.1. The molecule has 6 nitrogen and oxygen atoms in total. The van der Waals surface area contributed by atoms with Gasteiger partial charge in [-0.15, -0.1) is 0 Å².